The molecule has 172 valence electrons. The topological polar surface area (TPSA) is 60.7 Å². The van der Waals surface area contributed by atoms with E-state index in [9.17, 15) is 15.3 Å². The number of fused-ring (bicyclic) bond motifs is 1. The molecule has 3 nitrogen and oxygen atoms in total. The van der Waals surface area contributed by atoms with Gasteiger partial charge in [0, 0.05) is 11.3 Å². The number of phenols is 1. The third kappa shape index (κ3) is 5.28. The maximum atomic E-state index is 11.0. The SMILES string of the molecule is C=C[C@H]([C@H](O)CC/C(=C/c1ccc(O)c2ccccc12)c1ccccc1)[C@H](O)c1ccccc1. The highest BCUT2D eigenvalue weighted by molar-refractivity contribution is 5.98. The molecule has 0 spiro atoms. The molecule has 3 heteroatoms. The molecule has 0 saturated heterocycles. The Labute approximate surface area is 201 Å². The zero-order valence-electron chi connectivity index (χ0n) is 19.1. The van der Waals surface area contributed by atoms with E-state index in [2.05, 4.69) is 24.8 Å². The Hall–Kier alpha value is -3.66. The molecule has 0 unspecified atom stereocenters. The Morgan fingerprint density at radius 1 is 0.765 bits per heavy atom. The summed E-state index contributed by atoms with van der Waals surface area (Å²) in [6, 6.07) is 30.9. The highest BCUT2D eigenvalue weighted by atomic mass is 16.3. The van der Waals surface area contributed by atoms with Crippen LogP contribution in [0.1, 0.15) is 35.6 Å². The summed E-state index contributed by atoms with van der Waals surface area (Å²) in [5, 5.41) is 33.9. The Balaban J connectivity index is 1.62. The van der Waals surface area contributed by atoms with E-state index in [0.29, 0.717) is 12.8 Å². The van der Waals surface area contributed by atoms with Gasteiger partial charge in [-0.05, 0) is 46.6 Å². The number of aromatic hydroxyl groups is 1. The van der Waals surface area contributed by atoms with Gasteiger partial charge < -0.3 is 15.3 Å². The van der Waals surface area contributed by atoms with E-state index >= 15 is 0 Å². The third-order valence-corrected chi connectivity index (χ3v) is 6.34. The fourth-order valence-corrected chi connectivity index (χ4v) is 4.44. The summed E-state index contributed by atoms with van der Waals surface area (Å²) in [4.78, 5) is 0. The van der Waals surface area contributed by atoms with Gasteiger partial charge in [-0.2, -0.15) is 0 Å². The number of allylic oxidation sites excluding steroid dienone is 1. The quantitative estimate of drug-likeness (QED) is 0.195. The minimum absolute atomic E-state index is 0.258. The molecule has 4 aromatic carbocycles. The van der Waals surface area contributed by atoms with E-state index < -0.39 is 18.1 Å². The van der Waals surface area contributed by atoms with Gasteiger partial charge in [0.2, 0.25) is 0 Å². The number of hydrogen-bond acceptors (Lipinski definition) is 3. The molecule has 4 aromatic rings. The van der Waals surface area contributed by atoms with Crippen LogP contribution in [-0.4, -0.2) is 21.4 Å². The number of aliphatic hydroxyl groups excluding tert-OH is 2. The first kappa shape index (κ1) is 23.5. The monoisotopic (exact) mass is 450 g/mol. The van der Waals surface area contributed by atoms with Crippen LogP contribution in [0.15, 0.2) is 110 Å². The van der Waals surface area contributed by atoms with Crippen LogP contribution in [0.25, 0.3) is 22.4 Å². The van der Waals surface area contributed by atoms with Crippen LogP contribution in [0, 0.1) is 5.92 Å². The van der Waals surface area contributed by atoms with Gasteiger partial charge in [-0.15, -0.1) is 6.58 Å². The van der Waals surface area contributed by atoms with E-state index in [4.69, 9.17) is 0 Å². The zero-order valence-corrected chi connectivity index (χ0v) is 19.1. The van der Waals surface area contributed by atoms with Gasteiger partial charge in [-0.25, -0.2) is 0 Å². The molecule has 0 bridgehead atoms. The van der Waals surface area contributed by atoms with Crippen molar-refractivity contribution in [3.63, 3.8) is 0 Å². The van der Waals surface area contributed by atoms with Gasteiger partial charge in [0.15, 0.2) is 0 Å². The molecule has 0 aliphatic carbocycles. The van der Waals surface area contributed by atoms with Crippen LogP contribution in [0.2, 0.25) is 0 Å². The second-order valence-electron chi connectivity index (χ2n) is 8.53. The molecule has 0 heterocycles. The van der Waals surface area contributed by atoms with E-state index in [-0.39, 0.29) is 5.75 Å². The van der Waals surface area contributed by atoms with Crippen LogP contribution in [0.4, 0.5) is 0 Å². The summed E-state index contributed by atoms with van der Waals surface area (Å²) in [7, 11) is 0. The summed E-state index contributed by atoms with van der Waals surface area (Å²) in [5.74, 6) is -0.220. The molecule has 4 rings (SSSR count). The van der Waals surface area contributed by atoms with Crippen molar-refractivity contribution in [1.29, 1.82) is 0 Å². The van der Waals surface area contributed by atoms with Crippen LogP contribution in [-0.2, 0) is 0 Å². The van der Waals surface area contributed by atoms with Crippen molar-refractivity contribution in [1.82, 2.24) is 0 Å². The molecule has 0 aromatic heterocycles. The first-order valence-electron chi connectivity index (χ1n) is 11.6. The summed E-state index contributed by atoms with van der Waals surface area (Å²) in [6.45, 7) is 3.87. The maximum Gasteiger partial charge on any atom is 0.123 e. The standard InChI is InChI=1S/C31H30O3/c1-2-26(31(34)23-13-7-4-8-14-23)29(32)19-17-24(22-11-5-3-6-12-22)21-25-18-20-30(33)28-16-10-9-15-27(25)28/h2-16,18,20-21,26,29,31-34H,1,17,19H2/b24-21-/t26-,29-,31-/m1/s1. The average Bonchev–Trinajstić information content (AvgIpc) is 2.89. The molecular formula is C31H30O3. The summed E-state index contributed by atoms with van der Waals surface area (Å²) < 4.78 is 0. The molecule has 3 atom stereocenters. The highest BCUT2D eigenvalue weighted by Crippen LogP contribution is 2.33. The van der Waals surface area contributed by atoms with Crippen molar-refractivity contribution >= 4 is 22.4 Å². The Kier molecular flexibility index (Phi) is 7.58. The smallest absolute Gasteiger partial charge is 0.123 e. The van der Waals surface area contributed by atoms with Crippen molar-refractivity contribution < 1.29 is 15.3 Å². The van der Waals surface area contributed by atoms with Gasteiger partial charge in [0.1, 0.15) is 5.75 Å². The van der Waals surface area contributed by atoms with Gasteiger partial charge in [-0.3, -0.25) is 0 Å². The lowest BCUT2D eigenvalue weighted by Gasteiger charge is -2.25. The van der Waals surface area contributed by atoms with E-state index in [1.165, 1.54) is 0 Å². The van der Waals surface area contributed by atoms with Gasteiger partial charge in [-0.1, -0.05) is 103 Å². The fraction of sp³-hybridized carbons (Fsp3) is 0.161. The summed E-state index contributed by atoms with van der Waals surface area (Å²) in [6.07, 6.45) is 3.28. The lowest BCUT2D eigenvalue weighted by Crippen LogP contribution is -2.25. The van der Waals surface area contributed by atoms with Crippen molar-refractivity contribution in [3.8, 4) is 5.75 Å². The first-order valence-corrected chi connectivity index (χ1v) is 11.6. The normalized spacial score (nSPS) is 14.5. The number of aliphatic hydroxyl groups is 2. The van der Waals surface area contributed by atoms with E-state index in [1.807, 2.05) is 78.9 Å². The molecular weight excluding hydrogens is 420 g/mol. The Morgan fingerprint density at radius 3 is 2.06 bits per heavy atom. The van der Waals surface area contributed by atoms with Crippen molar-refractivity contribution in [2.75, 3.05) is 0 Å². The molecule has 0 saturated carbocycles. The Bertz CT molecular complexity index is 1260. The molecule has 34 heavy (non-hydrogen) atoms. The second kappa shape index (κ2) is 11.0. The predicted molar refractivity (Wildman–Crippen MR) is 140 cm³/mol. The fourth-order valence-electron chi connectivity index (χ4n) is 4.44. The zero-order chi connectivity index (χ0) is 23.9. The van der Waals surface area contributed by atoms with Crippen molar-refractivity contribution in [2.45, 2.75) is 25.0 Å². The minimum atomic E-state index is -0.820. The minimum Gasteiger partial charge on any atom is -0.507 e. The van der Waals surface area contributed by atoms with E-state index in [1.54, 1.807) is 12.1 Å². The highest BCUT2D eigenvalue weighted by Gasteiger charge is 2.25. The predicted octanol–water partition coefficient (Wildman–Crippen LogP) is 6.76. The molecule has 0 aliphatic rings. The lowest BCUT2D eigenvalue weighted by molar-refractivity contribution is 0.0325. The Morgan fingerprint density at radius 2 is 1.38 bits per heavy atom. The van der Waals surface area contributed by atoms with Crippen LogP contribution >= 0.6 is 0 Å². The van der Waals surface area contributed by atoms with Crippen LogP contribution in [0.5, 0.6) is 5.75 Å². The second-order valence-corrected chi connectivity index (χ2v) is 8.53. The maximum absolute atomic E-state index is 11.0. The summed E-state index contributed by atoms with van der Waals surface area (Å²) >= 11 is 0. The number of rotatable bonds is 9. The van der Waals surface area contributed by atoms with Crippen molar-refractivity contribution in [3.05, 3.63) is 126 Å². The molecule has 0 fully saturated rings. The summed E-state index contributed by atoms with van der Waals surface area (Å²) in [5.41, 5.74) is 3.92. The molecule has 0 radical (unpaired) electrons. The van der Waals surface area contributed by atoms with Gasteiger partial charge in [0.05, 0.1) is 12.2 Å². The van der Waals surface area contributed by atoms with Crippen LogP contribution < -0.4 is 0 Å². The van der Waals surface area contributed by atoms with Gasteiger partial charge >= 0.3 is 0 Å². The molecule has 0 amide bonds. The number of benzene rings is 4. The third-order valence-electron chi connectivity index (χ3n) is 6.34. The van der Waals surface area contributed by atoms with Crippen LogP contribution in [0.3, 0.4) is 0 Å². The lowest BCUT2D eigenvalue weighted by atomic mass is 9.87. The van der Waals surface area contributed by atoms with Crippen molar-refractivity contribution in [2.24, 2.45) is 5.92 Å². The van der Waals surface area contributed by atoms with E-state index in [0.717, 1.165) is 33.0 Å². The first-order chi connectivity index (χ1) is 16.6. The van der Waals surface area contributed by atoms with Gasteiger partial charge in [0.25, 0.3) is 0 Å². The molecule has 0 aliphatic heterocycles. The number of phenolic OH excluding ortho intramolecular Hbond substituents is 1. The number of hydrogen-bond donors (Lipinski definition) is 3. The average molecular weight is 451 g/mol. The molecule has 3 N–H and O–H groups in total. The largest absolute Gasteiger partial charge is 0.507 e.